The lowest BCUT2D eigenvalue weighted by atomic mass is 9.99. The van der Waals surface area contributed by atoms with E-state index in [1.165, 1.54) is 0 Å². The van der Waals surface area contributed by atoms with Crippen molar-refractivity contribution in [3.8, 4) is 23.0 Å². The summed E-state index contributed by atoms with van der Waals surface area (Å²) >= 11 is 0. The van der Waals surface area contributed by atoms with E-state index in [-0.39, 0.29) is 0 Å². The third-order valence-corrected chi connectivity index (χ3v) is 4.87. The Bertz CT molecular complexity index is 857. The van der Waals surface area contributed by atoms with Crippen molar-refractivity contribution < 1.29 is 4.74 Å². The van der Waals surface area contributed by atoms with Gasteiger partial charge in [0.15, 0.2) is 5.82 Å². The molecule has 1 fully saturated rings. The molecule has 3 heterocycles. The van der Waals surface area contributed by atoms with Gasteiger partial charge in [-0.1, -0.05) is 24.3 Å². The molecule has 0 unspecified atom stereocenters. The van der Waals surface area contributed by atoms with E-state index in [1.807, 2.05) is 35.0 Å². The van der Waals surface area contributed by atoms with Crippen LogP contribution in [0.4, 0.5) is 0 Å². The molecule has 0 aliphatic carbocycles. The molecule has 3 aromatic rings. The minimum Gasteiger partial charge on any atom is -0.476 e. The van der Waals surface area contributed by atoms with Gasteiger partial charge in [-0.05, 0) is 37.4 Å². The fraction of sp³-hybridized carbons (Fsp3) is 0.350. The van der Waals surface area contributed by atoms with E-state index >= 15 is 0 Å². The van der Waals surface area contributed by atoms with Gasteiger partial charge in [0, 0.05) is 24.5 Å². The third-order valence-electron chi connectivity index (χ3n) is 4.87. The number of ether oxygens (including phenoxy) is 1. The molecular weight excluding hydrogens is 340 g/mol. The summed E-state index contributed by atoms with van der Waals surface area (Å²) in [7, 11) is 0. The van der Waals surface area contributed by atoms with E-state index < -0.39 is 0 Å². The van der Waals surface area contributed by atoms with Gasteiger partial charge in [-0.2, -0.15) is 4.98 Å². The molecule has 0 radical (unpaired) electrons. The van der Waals surface area contributed by atoms with Gasteiger partial charge >= 0.3 is 0 Å². The summed E-state index contributed by atoms with van der Waals surface area (Å²) in [5, 5.41) is 3.37. The van der Waals surface area contributed by atoms with Crippen LogP contribution < -0.4 is 15.8 Å². The van der Waals surface area contributed by atoms with Crippen molar-refractivity contribution in [1.82, 2.24) is 24.8 Å². The lowest BCUT2D eigenvalue weighted by Gasteiger charge is -2.22. The second-order valence-corrected chi connectivity index (χ2v) is 6.76. The molecule has 4 rings (SSSR count). The van der Waals surface area contributed by atoms with Crippen LogP contribution in [-0.4, -0.2) is 39.2 Å². The summed E-state index contributed by atoms with van der Waals surface area (Å²) in [6.45, 7) is 3.30. The largest absolute Gasteiger partial charge is 0.476 e. The molecule has 1 aliphatic heterocycles. The Kier molecular flexibility index (Phi) is 5.41. The fourth-order valence-corrected chi connectivity index (χ4v) is 3.25. The van der Waals surface area contributed by atoms with Crippen LogP contribution in [0.25, 0.3) is 17.1 Å². The Labute approximate surface area is 158 Å². The number of benzene rings is 1. The van der Waals surface area contributed by atoms with E-state index in [0.29, 0.717) is 30.8 Å². The Morgan fingerprint density at radius 2 is 2.00 bits per heavy atom. The van der Waals surface area contributed by atoms with Crippen LogP contribution in [-0.2, 0) is 6.54 Å². The number of rotatable bonds is 6. The number of hydrogen-bond acceptors (Lipinski definition) is 6. The van der Waals surface area contributed by atoms with Gasteiger partial charge in [-0.15, -0.1) is 0 Å². The Hall–Kier alpha value is -2.77. The molecule has 1 saturated heterocycles. The summed E-state index contributed by atoms with van der Waals surface area (Å²) in [4.78, 5) is 13.5. The quantitative estimate of drug-likeness (QED) is 0.697. The molecule has 1 aliphatic rings. The average Bonchev–Trinajstić information content (AvgIpc) is 3.28. The van der Waals surface area contributed by atoms with Crippen LogP contribution in [0.3, 0.4) is 0 Å². The summed E-state index contributed by atoms with van der Waals surface area (Å²) in [6.07, 6.45) is 9.27. The monoisotopic (exact) mass is 364 g/mol. The molecule has 0 bridgehead atoms. The van der Waals surface area contributed by atoms with Crippen molar-refractivity contribution in [2.45, 2.75) is 19.4 Å². The predicted molar refractivity (Wildman–Crippen MR) is 104 cm³/mol. The maximum absolute atomic E-state index is 5.96. The highest BCUT2D eigenvalue weighted by atomic mass is 16.5. The lowest BCUT2D eigenvalue weighted by Crippen LogP contribution is -2.30. The summed E-state index contributed by atoms with van der Waals surface area (Å²) < 4.78 is 7.82. The molecule has 0 spiro atoms. The molecule has 0 atom stereocenters. The van der Waals surface area contributed by atoms with Crippen molar-refractivity contribution in [3.05, 3.63) is 54.7 Å². The zero-order chi connectivity index (χ0) is 18.5. The highest BCUT2D eigenvalue weighted by Gasteiger charge is 2.16. The van der Waals surface area contributed by atoms with Gasteiger partial charge in [-0.3, -0.25) is 4.57 Å². The van der Waals surface area contributed by atoms with Crippen LogP contribution in [0.5, 0.6) is 5.88 Å². The number of nitrogens with one attached hydrogen (secondary N) is 1. The minimum atomic E-state index is 0.518. The van der Waals surface area contributed by atoms with Crippen LogP contribution in [0, 0.1) is 5.92 Å². The van der Waals surface area contributed by atoms with Crippen molar-refractivity contribution in [2.75, 3.05) is 19.7 Å². The summed E-state index contributed by atoms with van der Waals surface area (Å²) in [5.41, 5.74) is 8.54. The first-order chi connectivity index (χ1) is 13.3. The number of nitrogens with two attached hydrogens (primary N) is 1. The van der Waals surface area contributed by atoms with E-state index in [4.69, 9.17) is 15.5 Å². The van der Waals surface area contributed by atoms with E-state index in [1.54, 1.807) is 18.7 Å². The van der Waals surface area contributed by atoms with Crippen LogP contribution in [0.2, 0.25) is 0 Å². The van der Waals surface area contributed by atoms with Crippen molar-refractivity contribution in [3.63, 3.8) is 0 Å². The topological polar surface area (TPSA) is 90.9 Å². The summed E-state index contributed by atoms with van der Waals surface area (Å²) in [5.74, 6) is 1.81. The lowest BCUT2D eigenvalue weighted by molar-refractivity contribution is 0.208. The van der Waals surface area contributed by atoms with Crippen molar-refractivity contribution >= 4 is 0 Å². The maximum Gasteiger partial charge on any atom is 0.234 e. The molecule has 0 saturated carbocycles. The first-order valence-corrected chi connectivity index (χ1v) is 9.32. The Morgan fingerprint density at radius 3 is 2.70 bits per heavy atom. The van der Waals surface area contributed by atoms with Crippen molar-refractivity contribution in [1.29, 1.82) is 0 Å². The normalized spacial score (nSPS) is 15.0. The minimum absolute atomic E-state index is 0.518. The molecule has 2 aromatic heterocycles. The highest BCUT2D eigenvalue weighted by molar-refractivity contribution is 5.67. The standard InChI is InChI=1S/C20H24N6O/c21-11-15-1-3-17(4-2-15)19-20(26-10-9-23-14-26)25-18(12-24-19)27-13-16-5-7-22-8-6-16/h1-4,9-10,12,14,16,22H,5-8,11,13,21H2. The first kappa shape index (κ1) is 17.6. The van der Waals surface area contributed by atoms with Gasteiger partial charge in [0.1, 0.15) is 12.0 Å². The van der Waals surface area contributed by atoms with Crippen LogP contribution in [0.15, 0.2) is 49.2 Å². The number of nitrogens with zero attached hydrogens (tertiary/aromatic N) is 4. The maximum atomic E-state index is 5.96. The fourth-order valence-electron chi connectivity index (χ4n) is 3.25. The van der Waals surface area contributed by atoms with Gasteiger partial charge < -0.3 is 15.8 Å². The predicted octanol–water partition coefficient (Wildman–Crippen LogP) is 2.17. The number of imidazole rings is 1. The SMILES string of the molecule is NCc1ccc(-c2ncc(OCC3CCNCC3)nc2-n2ccnc2)cc1. The summed E-state index contributed by atoms with van der Waals surface area (Å²) in [6, 6.07) is 8.05. The number of hydrogen-bond donors (Lipinski definition) is 2. The molecule has 0 amide bonds. The van der Waals surface area contributed by atoms with E-state index in [9.17, 15) is 0 Å². The van der Waals surface area contributed by atoms with Gasteiger partial charge in [0.2, 0.25) is 5.88 Å². The third kappa shape index (κ3) is 4.15. The number of aromatic nitrogens is 4. The molecule has 1 aromatic carbocycles. The zero-order valence-corrected chi connectivity index (χ0v) is 15.2. The second-order valence-electron chi connectivity index (χ2n) is 6.76. The second kappa shape index (κ2) is 8.28. The van der Waals surface area contributed by atoms with Crippen LogP contribution in [0.1, 0.15) is 18.4 Å². The molecule has 7 nitrogen and oxygen atoms in total. The highest BCUT2D eigenvalue weighted by Crippen LogP contribution is 2.26. The van der Waals surface area contributed by atoms with Gasteiger partial charge in [-0.25, -0.2) is 9.97 Å². The molecule has 140 valence electrons. The van der Waals surface area contributed by atoms with Gasteiger partial charge in [0.25, 0.3) is 0 Å². The first-order valence-electron chi connectivity index (χ1n) is 9.32. The molecule has 27 heavy (non-hydrogen) atoms. The molecule has 7 heteroatoms. The number of piperidine rings is 1. The molecule has 3 N–H and O–H groups in total. The van der Waals surface area contributed by atoms with Crippen LogP contribution >= 0.6 is 0 Å². The smallest absolute Gasteiger partial charge is 0.234 e. The van der Waals surface area contributed by atoms with Gasteiger partial charge in [0.05, 0.1) is 12.8 Å². The molecular formula is C20H24N6O. The average molecular weight is 364 g/mol. The van der Waals surface area contributed by atoms with Crippen molar-refractivity contribution in [2.24, 2.45) is 11.7 Å². The zero-order valence-electron chi connectivity index (χ0n) is 15.2. The Morgan fingerprint density at radius 1 is 1.19 bits per heavy atom. The van der Waals surface area contributed by atoms with E-state index in [0.717, 1.165) is 42.8 Å². The van der Waals surface area contributed by atoms with E-state index in [2.05, 4.69) is 15.3 Å². The Balaban J connectivity index is 1.61.